The molecular weight excluding hydrogens is 382 g/mol. The van der Waals surface area contributed by atoms with E-state index in [0.29, 0.717) is 28.9 Å². The van der Waals surface area contributed by atoms with E-state index < -0.39 is 7.37 Å². The lowest BCUT2D eigenvalue weighted by Gasteiger charge is -2.31. The van der Waals surface area contributed by atoms with Gasteiger partial charge >= 0.3 is 0 Å². The van der Waals surface area contributed by atoms with Gasteiger partial charge in [0.2, 0.25) is 7.37 Å². The summed E-state index contributed by atoms with van der Waals surface area (Å²) >= 11 is 12.0. The normalized spacial score (nSPS) is 23.2. The van der Waals surface area contributed by atoms with Crippen LogP contribution in [-0.2, 0) is 15.5 Å². The van der Waals surface area contributed by atoms with Gasteiger partial charge in [0.1, 0.15) is 0 Å². The molecule has 2 heterocycles. The minimum absolute atomic E-state index is 0.0140. The minimum atomic E-state index is -3.36. The van der Waals surface area contributed by atoms with Crippen molar-refractivity contribution >= 4 is 30.6 Å². The number of nitrogens with zero attached hydrogens (tertiary/aromatic N) is 1. The second-order valence-electron chi connectivity index (χ2n) is 6.10. The molecule has 0 radical (unpaired) electrons. The predicted molar refractivity (Wildman–Crippen MR) is 99.6 cm³/mol. The monoisotopic (exact) mass is 400 g/mol. The zero-order valence-electron chi connectivity index (χ0n) is 13.4. The van der Waals surface area contributed by atoms with Gasteiger partial charge in [-0.25, -0.2) is 0 Å². The standard InChI is InChI=1S/C17H19Cl2N2O3P/c18-15-5-4-12(7-16(15)19)17-9-24-14(8-21-17)11-25(22,23)10-13-3-1-2-6-20-13/h1-7,14,17,21H,8-11H2,(H,22,23)/t14-,17+/m1/s1. The van der Waals surface area contributed by atoms with Crippen LogP contribution in [0.15, 0.2) is 42.6 Å². The largest absolute Gasteiger partial charge is 0.374 e. The minimum Gasteiger partial charge on any atom is -0.374 e. The van der Waals surface area contributed by atoms with E-state index >= 15 is 0 Å². The molecule has 1 saturated heterocycles. The maximum atomic E-state index is 12.5. The molecule has 3 atom stereocenters. The number of hydrogen-bond acceptors (Lipinski definition) is 4. The molecule has 1 aromatic heterocycles. The fourth-order valence-electron chi connectivity index (χ4n) is 2.81. The van der Waals surface area contributed by atoms with Crippen molar-refractivity contribution < 1.29 is 14.2 Å². The Balaban J connectivity index is 1.55. The summed E-state index contributed by atoms with van der Waals surface area (Å²) in [5.74, 6) is 0. The number of hydrogen-bond donors (Lipinski definition) is 2. The molecule has 2 N–H and O–H groups in total. The Morgan fingerprint density at radius 2 is 2.12 bits per heavy atom. The highest BCUT2D eigenvalue weighted by Crippen LogP contribution is 2.45. The Morgan fingerprint density at radius 3 is 2.76 bits per heavy atom. The molecule has 0 amide bonds. The third-order valence-corrected chi connectivity index (χ3v) is 6.60. The summed E-state index contributed by atoms with van der Waals surface area (Å²) in [4.78, 5) is 14.4. The van der Waals surface area contributed by atoms with Gasteiger partial charge in [-0.15, -0.1) is 0 Å². The van der Waals surface area contributed by atoms with Crippen LogP contribution in [-0.4, -0.2) is 35.3 Å². The van der Waals surface area contributed by atoms with Gasteiger partial charge in [0, 0.05) is 18.4 Å². The van der Waals surface area contributed by atoms with Gasteiger partial charge in [0.15, 0.2) is 0 Å². The summed E-state index contributed by atoms with van der Waals surface area (Å²) < 4.78 is 18.3. The summed E-state index contributed by atoms with van der Waals surface area (Å²) in [5, 5.41) is 4.35. The van der Waals surface area contributed by atoms with Crippen molar-refractivity contribution in [2.75, 3.05) is 19.3 Å². The molecule has 25 heavy (non-hydrogen) atoms. The average molecular weight is 401 g/mol. The maximum absolute atomic E-state index is 12.5. The van der Waals surface area contributed by atoms with E-state index in [2.05, 4.69) is 10.3 Å². The number of halogens is 2. The van der Waals surface area contributed by atoms with Gasteiger partial charge in [0.25, 0.3) is 0 Å². The third kappa shape index (κ3) is 5.27. The van der Waals surface area contributed by atoms with Crippen molar-refractivity contribution in [3.8, 4) is 0 Å². The lowest BCUT2D eigenvalue weighted by Crippen LogP contribution is -2.42. The Labute approximate surface area is 156 Å². The average Bonchev–Trinajstić information content (AvgIpc) is 2.58. The first-order valence-corrected chi connectivity index (χ1v) is 10.7. The number of benzene rings is 1. The van der Waals surface area contributed by atoms with E-state index in [9.17, 15) is 9.46 Å². The lowest BCUT2D eigenvalue weighted by atomic mass is 10.1. The fraction of sp³-hybridized carbons (Fsp3) is 0.353. The quantitative estimate of drug-likeness (QED) is 0.744. The number of ether oxygens (including phenoxy) is 1. The highest BCUT2D eigenvalue weighted by molar-refractivity contribution is 7.57. The second kappa shape index (κ2) is 8.17. The second-order valence-corrected chi connectivity index (χ2v) is 9.29. The number of morpholine rings is 1. The summed E-state index contributed by atoms with van der Waals surface area (Å²) in [6.45, 7) is 0.907. The van der Waals surface area contributed by atoms with Crippen molar-refractivity contribution in [3.63, 3.8) is 0 Å². The van der Waals surface area contributed by atoms with Gasteiger partial charge in [-0.2, -0.15) is 0 Å². The van der Waals surface area contributed by atoms with Crippen LogP contribution in [0.1, 0.15) is 17.3 Å². The summed E-state index contributed by atoms with van der Waals surface area (Å²) in [6, 6.07) is 10.8. The van der Waals surface area contributed by atoms with Crippen molar-refractivity contribution in [2.45, 2.75) is 18.3 Å². The Morgan fingerprint density at radius 1 is 1.28 bits per heavy atom. The van der Waals surface area contributed by atoms with E-state index in [4.69, 9.17) is 27.9 Å². The van der Waals surface area contributed by atoms with E-state index in [-0.39, 0.29) is 24.5 Å². The van der Waals surface area contributed by atoms with Gasteiger partial charge in [0.05, 0.1) is 41.1 Å². The van der Waals surface area contributed by atoms with Crippen molar-refractivity contribution in [1.82, 2.24) is 10.3 Å². The molecule has 3 rings (SSSR count). The molecule has 0 saturated carbocycles. The molecule has 134 valence electrons. The van der Waals surface area contributed by atoms with Gasteiger partial charge < -0.3 is 14.9 Å². The Kier molecular flexibility index (Phi) is 6.16. The van der Waals surface area contributed by atoms with Crippen molar-refractivity contribution in [3.05, 3.63) is 63.9 Å². The molecule has 0 bridgehead atoms. The molecule has 0 spiro atoms. The molecule has 8 heteroatoms. The van der Waals surface area contributed by atoms with Gasteiger partial charge in [-0.05, 0) is 29.8 Å². The molecule has 1 fully saturated rings. The molecule has 2 aromatic rings. The smallest absolute Gasteiger partial charge is 0.209 e. The molecule has 1 aliphatic heterocycles. The van der Waals surface area contributed by atoms with E-state index in [1.54, 1.807) is 24.4 Å². The van der Waals surface area contributed by atoms with Crippen LogP contribution in [0, 0.1) is 0 Å². The summed E-state index contributed by atoms with van der Waals surface area (Å²) in [7, 11) is -3.36. The first-order valence-electron chi connectivity index (χ1n) is 7.94. The summed E-state index contributed by atoms with van der Waals surface area (Å²) in [5.41, 5.74) is 1.60. The number of nitrogens with one attached hydrogen (secondary N) is 1. The maximum Gasteiger partial charge on any atom is 0.209 e. The molecule has 1 unspecified atom stereocenters. The van der Waals surface area contributed by atoms with Crippen LogP contribution in [0.2, 0.25) is 10.0 Å². The highest BCUT2D eigenvalue weighted by atomic mass is 35.5. The predicted octanol–water partition coefficient (Wildman–Crippen LogP) is 3.89. The van der Waals surface area contributed by atoms with Crippen LogP contribution in [0.25, 0.3) is 0 Å². The fourth-order valence-corrected chi connectivity index (χ4v) is 4.81. The number of aromatic nitrogens is 1. The van der Waals surface area contributed by atoms with Crippen LogP contribution >= 0.6 is 30.6 Å². The van der Waals surface area contributed by atoms with E-state index in [1.807, 2.05) is 18.2 Å². The van der Waals surface area contributed by atoms with Crippen molar-refractivity contribution in [1.29, 1.82) is 0 Å². The molecule has 0 aliphatic carbocycles. The van der Waals surface area contributed by atoms with Crippen molar-refractivity contribution in [2.24, 2.45) is 0 Å². The first kappa shape index (κ1) is 18.8. The Bertz CT molecular complexity index is 768. The Hall–Kier alpha value is -0.940. The molecule has 1 aliphatic rings. The zero-order chi connectivity index (χ0) is 17.9. The van der Waals surface area contributed by atoms with Gasteiger partial charge in [-0.1, -0.05) is 35.3 Å². The van der Waals surface area contributed by atoms with Crippen LogP contribution in [0.5, 0.6) is 0 Å². The number of pyridine rings is 1. The topological polar surface area (TPSA) is 71.5 Å². The van der Waals surface area contributed by atoms with E-state index in [1.165, 1.54) is 0 Å². The van der Waals surface area contributed by atoms with Crippen LogP contribution in [0.3, 0.4) is 0 Å². The summed E-state index contributed by atoms with van der Waals surface area (Å²) in [6.07, 6.45) is 1.48. The SMILES string of the molecule is O=P(O)(Cc1ccccn1)C[C@H]1CN[C@H](c2ccc(Cl)c(Cl)c2)CO1. The first-order chi connectivity index (χ1) is 11.9. The van der Waals surface area contributed by atoms with Gasteiger partial charge in [-0.3, -0.25) is 9.55 Å². The number of rotatable bonds is 5. The zero-order valence-corrected chi connectivity index (χ0v) is 15.8. The lowest BCUT2D eigenvalue weighted by molar-refractivity contribution is 0.0156. The molecule has 5 nitrogen and oxygen atoms in total. The molecular formula is C17H19Cl2N2O3P. The van der Waals surface area contributed by atoms with Crippen LogP contribution < -0.4 is 5.32 Å². The third-order valence-electron chi connectivity index (χ3n) is 4.06. The molecule has 1 aromatic carbocycles. The van der Waals surface area contributed by atoms with Crippen LogP contribution in [0.4, 0.5) is 0 Å². The highest BCUT2D eigenvalue weighted by Gasteiger charge is 2.30. The van der Waals surface area contributed by atoms with E-state index in [0.717, 1.165) is 5.56 Å².